The number of nitrogens with two attached hydrogens (primary N) is 1. The maximum atomic E-state index is 11.2. The minimum Gasteiger partial charge on any atom is -0.857 e. The van der Waals surface area contributed by atoms with Crippen molar-refractivity contribution in [2.45, 2.75) is 0 Å². The molecule has 0 spiro atoms. The van der Waals surface area contributed by atoms with Crippen molar-refractivity contribution in [2.24, 2.45) is 0 Å². The van der Waals surface area contributed by atoms with Crippen LogP contribution in [0.3, 0.4) is 0 Å². The van der Waals surface area contributed by atoms with E-state index >= 15 is 0 Å². The Morgan fingerprint density at radius 2 is 1.77 bits per heavy atom. The van der Waals surface area contributed by atoms with Crippen LogP contribution in [0.25, 0.3) is 10.8 Å². The van der Waals surface area contributed by atoms with Gasteiger partial charge >= 0.3 is 0 Å². The average molecular weight is 175 g/mol. The fourth-order valence-electron chi connectivity index (χ4n) is 1.18. The maximum Gasteiger partial charge on any atom is 0.0404 e. The van der Waals surface area contributed by atoms with Crippen molar-refractivity contribution in [3.05, 3.63) is 18.2 Å². The molecule has 0 aliphatic heterocycles. The van der Waals surface area contributed by atoms with Crippen molar-refractivity contribution in [1.29, 1.82) is 0 Å². The minimum atomic E-state index is -0.562. The van der Waals surface area contributed by atoms with Crippen molar-refractivity contribution in [1.82, 2.24) is 10.2 Å². The molecule has 0 bridgehead atoms. The highest BCUT2D eigenvalue weighted by Gasteiger charge is 1.99. The van der Waals surface area contributed by atoms with Crippen LogP contribution in [-0.2, 0) is 0 Å². The molecule has 0 radical (unpaired) electrons. The van der Waals surface area contributed by atoms with E-state index in [2.05, 4.69) is 10.2 Å². The molecule has 66 valence electrons. The fourth-order valence-corrected chi connectivity index (χ4v) is 1.18. The molecular formula is C8H5N3O2-2. The smallest absolute Gasteiger partial charge is 0.0404 e. The minimum absolute atomic E-state index is 0.155. The monoisotopic (exact) mass is 175 g/mol. The molecule has 0 saturated carbocycles. The van der Waals surface area contributed by atoms with Gasteiger partial charge in [-0.1, -0.05) is 12.1 Å². The van der Waals surface area contributed by atoms with Crippen LogP contribution < -0.4 is 15.9 Å². The van der Waals surface area contributed by atoms with Gasteiger partial charge in [0.25, 0.3) is 0 Å². The SMILES string of the molecule is Nc1cccc2c([O-])nnc([O-])c12. The molecule has 0 amide bonds. The molecule has 1 aromatic heterocycles. The van der Waals surface area contributed by atoms with Crippen molar-refractivity contribution < 1.29 is 10.2 Å². The third-order valence-electron chi connectivity index (χ3n) is 1.77. The zero-order chi connectivity index (χ0) is 9.42. The second-order valence-corrected chi connectivity index (χ2v) is 2.58. The van der Waals surface area contributed by atoms with Gasteiger partial charge in [0.05, 0.1) is 0 Å². The zero-order valence-electron chi connectivity index (χ0n) is 6.52. The number of nitrogen functional groups attached to an aromatic ring is 1. The molecule has 0 aliphatic carbocycles. The lowest BCUT2D eigenvalue weighted by atomic mass is 10.1. The van der Waals surface area contributed by atoms with E-state index in [1.165, 1.54) is 6.07 Å². The van der Waals surface area contributed by atoms with Gasteiger partial charge in [-0.25, -0.2) is 0 Å². The molecular weight excluding hydrogens is 170 g/mol. The molecule has 1 heterocycles. The molecule has 0 aliphatic rings. The highest BCUT2D eigenvalue weighted by atomic mass is 16.3. The van der Waals surface area contributed by atoms with Crippen LogP contribution in [0.5, 0.6) is 11.8 Å². The Balaban J connectivity index is 3.00. The van der Waals surface area contributed by atoms with E-state index in [9.17, 15) is 10.2 Å². The third-order valence-corrected chi connectivity index (χ3v) is 1.77. The number of nitrogens with zero attached hydrogens (tertiary/aromatic N) is 2. The van der Waals surface area contributed by atoms with E-state index in [4.69, 9.17) is 5.73 Å². The predicted octanol–water partition coefficient (Wildman–Crippen LogP) is -0.641. The van der Waals surface area contributed by atoms with Crippen LogP contribution in [0, 0.1) is 0 Å². The van der Waals surface area contributed by atoms with Gasteiger partial charge in [0.15, 0.2) is 0 Å². The molecule has 0 saturated heterocycles. The van der Waals surface area contributed by atoms with E-state index in [1.54, 1.807) is 12.1 Å². The molecule has 2 aromatic rings. The molecule has 1 aromatic carbocycles. The highest BCUT2D eigenvalue weighted by molar-refractivity contribution is 5.98. The molecule has 5 heteroatoms. The van der Waals surface area contributed by atoms with Crippen molar-refractivity contribution in [2.75, 3.05) is 5.73 Å². The number of fused-ring (bicyclic) bond motifs is 1. The Labute approximate surface area is 73.4 Å². The van der Waals surface area contributed by atoms with Crippen molar-refractivity contribution >= 4 is 16.5 Å². The fraction of sp³-hybridized carbons (Fsp3) is 0. The van der Waals surface area contributed by atoms with Gasteiger partial charge < -0.3 is 15.9 Å². The van der Waals surface area contributed by atoms with Gasteiger partial charge in [-0.3, -0.25) is 0 Å². The number of hydrogen-bond donors (Lipinski definition) is 1. The van der Waals surface area contributed by atoms with Crippen molar-refractivity contribution in [3.8, 4) is 11.8 Å². The Kier molecular flexibility index (Phi) is 1.45. The predicted molar refractivity (Wildman–Crippen MR) is 42.8 cm³/mol. The topological polar surface area (TPSA) is 97.9 Å². The van der Waals surface area contributed by atoms with Gasteiger partial charge in [-0.05, 0) is 11.5 Å². The summed E-state index contributed by atoms with van der Waals surface area (Å²) < 4.78 is 0. The first-order valence-corrected chi connectivity index (χ1v) is 3.59. The van der Waals surface area contributed by atoms with Crippen molar-refractivity contribution in [3.63, 3.8) is 0 Å². The number of benzene rings is 1. The molecule has 0 fully saturated rings. The summed E-state index contributed by atoms with van der Waals surface area (Å²) >= 11 is 0. The molecule has 2 N–H and O–H groups in total. The molecule has 2 rings (SSSR count). The first-order chi connectivity index (χ1) is 6.20. The summed E-state index contributed by atoms with van der Waals surface area (Å²) in [5.41, 5.74) is 5.78. The summed E-state index contributed by atoms with van der Waals surface area (Å²) in [6.07, 6.45) is 0. The van der Waals surface area contributed by atoms with Gasteiger partial charge in [-0.2, -0.15) is 10.2 Å². The Bertz CT molecular complexity index is 462. The number of aromatic nitrogens is 2. The lowest BCUT2D eigenvalue weighted by Gasteiger charge is -2.14. The largest absolute Gasteiger partial charge is 0.857 e. The summed E-state index contributed by atoms with van der Waals surface area (Å²) in [5, 5.41) is 29.0. The van der Waals surface area contributed by atoms with E-state index in [0.717, 1.165) is 0 Å². The van der Waals surface area contributed by atoms with E-state index < -0.39 is 11.8 Å². The summed E-state index contributed by atoms with van der Waals surface area (Å²) in [5.74, 6) is -1.09. The average Bonchev–Trinajstić information content (AvgIpc) is 2.12. The second-order valence-electron chi connectivity index (χ2n) is 2.58. The van der Waals surface area contributed by atoms with Crippen LogP contribution in [0.15, 0.2) is 18.2 Å². The lowest BCUT2D eigenvalue weighted by Crippen LogP contribution is -2.04. The summed E-state index contributed by atoms with van der Waals surface area (Å²) in [4.78, 5) is 0. The quantitative estimate of drug-likeness (QED) is 0.537. The Hall–Kier alpha value is -2.04. The number of hydrogen-bond acceptors (Lipinski definition) is 5. The maximum absolute atomic E-state index is 11.2. The number of rotatable bonds is 0. The van der Waals surface area contributed by atoms with Crippen LogP contribution in [0.4, 0.5) is 5.69 Å². The molecule has 0 unspecified atom stereocenters. The summed E-state index contributed by atoms with van der Waals surface area (Å²) in [7, 11) is 0. The standard InChI is InChI=1S/C8H7N3O2/c9-5-3-1-2-4-6(5)8(13)11-10-7(4)12/h1-3H,9H2,(H,10,12)(H,11,13)/p-2. The Morgan fingerprint density at radius 1 is 1.08 bits per heavy atom. The van der Waals surface area contributed by atoms with Gasteiger partial charge in [0.1, 0.15) is 0 Å². The summed E-state index contributed by atoms with van der Waals surface area (Å²) in [6, 6.07) is 4.65. The first kappa shape index (κ1) is 7.60. The first-order valence-electron chi connectivity index (χ1n) is 3.59. The molecule has 13 heavy (non-hydrogen) atoms. The van der Waals surface area contributed by atoms with Crippen LogP contribution in [0.2, 0.25) is 0 Å². The van der Waals surface area contributed by atoms with Gasteiger partial charge in [0.2, 0.25) is 0 Å². The van der Waals surface area contributed by atoms with Crippen LogP contribution in [0.1, 0.15) is 0 Å². The second kappa shape index (κ2) is 2.48. The molecule has 0 atom stereocenters. The number of anilines is 1. The lowest BCUT2D eigenvalue weighted by molar-refractivity contribution is -0.282. The third kappa shape index (κ3) is 1.01. The van der Waals surface area contributed by atoms with Gasteiger partial charge in [0, 0.05) is 22.8 Å². The van der Waals surface area contributed by atoms with Crippen LogP contribution >= 0.6 is 0 Å². The summed E-state index contributed by atoms with van der Waals surface area (Å²) in [6.45, 7) is 0. The van der Waals surface area contributed by atoms with E-state index in [-0.39, 0.29) is 16.5 Å². The van der Waals surface area contributed by atoms with E-state index in [0.29, 0.717) is 0 Å². The zero-order valence-corrected chi connectivity index (χ0v) is 6.52. The highest BCUT2D eigenvalue weighted by Crippen LogP contribution is 2.28. The van der Waals surface area contributed by atoms with E-state index in [1.807, 2.05) is 0 Å². The van der Waals surface area contributed by atoms with Gasteiger partial charge in [-0.15, -0.1) is 0 Å². The molecule has 5 nitrogen and oxygen atoms in total. The normalized spacial score (nSPS) is 10.5. The Morgan fingerprint density at radius 3 is 2.46 bits per heavy atom. The van der Waals surface area contributed by atoms with Crippen LogP contribution in [-0.4, -0.2) is 10.2 Å².